The number of rotatable bonds is 3. The maximum atomic E-state index is 11.3. The molecule has 0 spiro atoms. The molecule has 1 saturated heterocycles. The average Bonchev–Trinajstić information content (AvgIpc) is 2.17. The first-order chi connectivity index (χ1) is 9.69. The van der Waals surface area contributed by atoms with Crippen LogP contribution in [0.2, 0.25) is 45.8 Å². The minimum Gasteiger partial charge on any atom is -0.478 e. The van der Waals surface area contributed by atoms with Crippen molar-refractivity contribution in [1.82, 2.24) is 0 Å². The number of carboxylic acid groups (broad SMARTS) is 1. The molecular weight excluding hydrogens is 352 g/mol. The van der Waals surface area contributed by atoms with Crippen molar-refractivity contribution in [1.29, 1.82) is 0 Å². The summed E-state index contributed by atoms with van der Waals surface area (Å²) >= 11 is 0. The second kappa shape index (κ2) is 6.43. The smallest absolute Gasteiger partial charge is 0.344 e. The van der Waals surface area contributed by atoms with E-state index < -0.39 is 40.2 Å². The lowest BCUT2D eigenvalue weighted by atomic mass is 10.2. The van der Waals surface area contributed by atoms with Crippen molar-refractivity contribution in [3.63, 3.8) is 0 Å². The first-order valence-electron chi connectivity index (χ1n) is 7.45. The number of carboxylic acids is 1. The molecule has 1 N–H and O–H groups in total. The summed E-state index contributed by atoms with van der Waals surface area (Å²) < 4.78 is 25.0. The molecule has 0 aliphatic carbocycles. The first-order valence-corrected chi connectivity index (χ1v) is 18.3. The Morgan fingerprint density at radius 2 is 1.23 bits per heavy atom. The van der Waals surface area contributed by atoms with Gasteiger partial charge < -0.3 is 21.6 Å². The van der Waals surface area contributed by atoms with E-state index >= 15 is 0 Å². The van der Waals surface area contributed by atoms with Crippen molar-refractivity contribution in [2.75, 3.05) is 0 Å². The van der Waals surface area contributed by atoms with E-state index in [0.29, 0.717) is 12.0 Å². The summed E-state index contributed by atoms with van der Waals surface area (Å²) in [6, 6.07) is 0. The highest BCUT2D eigenvalue weighted by atomic mass is 28.5. The molecule has 128 valence electrons. The highest BCUT2D eigenvalue weighted by Crippen LogP contribution is 2.31. The van der Waals surface area contributed by atoms with E-state index in [2.05, 4.69) is 0 Å². The Morgan fingerprint density at radius 1 is 0.864 bits per heavy atom. The highest BCUT2D eigenvalue weighted by molar-refractivity contribution is 6.94. The summed E-state index contributed by atoms with van der Waals surface area (Å²) in [5.74, 6) is -0.930. The van der Waals surface area contributed by atoms with Crippen LogP contribution >= 0.6 is 0 Å². The van der Waals surface area contributed by atoms with E-state index in [9.17, 15) is 9.90 Å². The lowest BCUT2D eigenvalue weighted by Gasteiger charge is -2.46. The Hall–Kier alpha value is -0.0825. The minimum atomic E-state index is -2.85. The Bertz CT molecular complexity index is 452. The normalized spacial score (nSPS) is 26.8. The molecule has 0 radical (unpaired) electrons. The van der Waals surface area contributed by atoms with E-state index in [0.717, 1.165) is 0 Å². The fraction of sp³-hybridized carbons (Fsp3) is 0.750. The first kappa shape index (κ1) is 20.0. The molecule has 1 rings (SSSR count). The van der Waals surface area contributed by atoms with Crippen molar-refractivity contribution in [2.45, 2.75) is 59.2 Å². The van der Waals surface area contributed by atoms with Crippen LogP contribution in [0, 0.1) is 0 Å². The van der Waals surface area contributed by atoms with E-state index in [1.54, 1.807) is 5.70 Å². The van der Waals surface area contributed by atoms with Gasteiger partial charge in [0.05, 0.1) is 0 Å². The molecule has 0 aromatic heterocycles. The standard InChI is InChI=1S/C12H28O6Si4/c1-9-11(12(13)14)10-22(8)17-20(4,5)15-19(2,3)16-21(6,7)18-22/h10H,9H2,1-8H3,(H,13,14). The summed E-state index contributed by atoms with van der Waals surface area (Å²) in [5, 5.41) is 9.30. The molecule has 0 atom stereocenters. The molecule has 6 nitrogen and oxygen atoms in total. The van der Waals surface area contributed by atoms with Crippen LogP contribution in [0.25, 0.3) is 0 Å². The molecule has 0 bridgehead atoms. The van der Waals surface area contributed by atoms with Gasteiger partial charge in [-0.05, 0) is 57.9 Å². The van der Waals surface area contributed by atoms with Gasteiger partial charge in [0.1, 0.15) is 0 Å². The quantitative estimate of drug-likeness (QED) is 0.598. The van der Waals surface area contributed by atoms with E-state index in [1.165, 1.54) is 0 Å². The highest BCUT2D eigenvalue weighted by Gasteiger charge is 2.51. The van der Waals surface area contributed by atoms with Gasteiger partial charge in [-0.25, -0.2) is 4.79 Å². The van der Waals surface area contributed by atoms with Gasteiger partial charge in [0.25, 0.3) is 0 Å². The third-order valence-electron chi connectivity index (χ3n) is 2.97. The van der Waals surface area contributed by atoms with E-state index in [1.807, 2.05) is 52.8 Å². The lowest BCUT2D eigenvalue weighted by Crippen LogP contribution is -2.64. The predicted octanol–water partition coefficient (Wildman–Crippen LogP) is 3.20. The van der Waals surface area contributed by atoms with Crippen LogP contribution in [0.3, 0.4) is 0 Å². The second-order valence-electron chi connectivity index (χ2n) is 6.95. The third kappa shape index (κ3) is 5.85. The molecule has 1 aliphatic heterocycles. The van der Waals surface area contributed by atoms with Gasteiger partial charge in [-0.15, -0.1) is 0 Å². The average molecular weight is 381 g/mol. The SMILES string of the molecule is CCC(=C[Si]1(C)O[Si](C)(C)O[Si](C)(C)O[Si](C)(C)O1)C(=O)O. The van der Waals surface area contributed by atoms with Gasteiger partial charge in [0, 0.05) is 5.57 Å². The van der Waals surface area contributed by atoms with Gasteiger partial charge in [-0.2, -0.15) is 0 Å². The van der Waals surface area contributed by atoms with Crippen LogP contribution in [0.15, 0.2) is 11.3 Å². The zero-order chi connectivity index (χ0) is 17.4. The Kier molecular flexibility index (Phi) is 5.84. The Morgan fingerprint density at radius 3 is 1.55 bits per heavy atom. The van der Waals surface area contributed by atoms with Gasteiger partial charge in [-0.3, -0.25) is 0 Å². The molecule has 10 heteroatoms. The third-order valence-corrected chi connectivity index (χ3v) is 18.9. The fourth-order valence-corrected chi connectivity index (χ4v) is 23.8. The molecule has 22 heavy (non-hydrogen) atoms. The number of hydrogen-bond acceptors (Lipinski definition) is 5. The van der Waals surface area contributed by atoms with Gasteiger partial charge in [0.2, 0.25) is 0 Å². The second-order valence-corrected chi connectivity index (χ2v) is 20.9. The Labute approximate surface area is 137 Å². The summed E-state index contributed by atoms with van der Waals surface area (Å²) in [5.41, 5.74) is 2.01. The van der Waals surface area contributed by atoms with Crippen molar-refractivity contribution >= 4 is 40.2 Å². The van der Waals surface area contributed by atoms with Crippen molar-refractivity contribution in [2.24, 2.45) is 0 Å². The molecule has 0 saturated carbocycles. The minimum absolute atomic E-state index is 0.320. The van der Waals surface area contributed by atoms with Crippen LogP contribution in [0.4, 0.5) is 0 Å². The summed E-state index contributed by atoms with van der Waals surface area (Å²) in [7, 11) is -10.1. The van der Waals surface area contributed by atoms with Gasteiger partial charge in [0.15, 0.2) is 0 Å². The molecule has 1 fully saturated rings. The van der Waals surface area contributed by atoms with E-state index in [-0.39, 0.29) is 0 Å². The number of carbonyl (C=O) groups is 1. The fourth-order valence-electron chi connectivity index (χ4n) is 2.93. The lowest BCUT2D eigenvalue weighted by molar-refractivity contribution is -0.132. The molecular formula is C12H28O6Si4. The maximum Gasteiger partial charge on any atom is 0.344 e. The van der Waals surface area contributed by atoms with Crippen LogP contribution < -0.4 is 0 Å². The zero-order valence-corrected chi connectivity index (χ0v) is 18.8. The van der Waals surface area contributed by atoms with E-state index in [4.69, 9.17) is 16.5 Å². The molecule has 0 aromatic carbocycles. The number of hydrogen-bond donors (Lipinski definition) is 1. The summed E-state index contributed by atoms with van der Waals surface area (Å²) in [6.45, 7) is 15.5. The molecule has 0 aromatic rings. The molecule has 1 heterocycles. The van der Waals surface area contributed by atoms with Crippen molar-refractivity contribution < 1.29 is 26.4 Å². The summed E-state index contributed by atoms with van der Waals surface area (Å²) in [4.78, 5) is 11.3. The van der Waals surface area contributed by atoms with Crippen molar-refractivity contribution in [3.05, 3.63) is 11.3 Å². The molecule has 1 aliphatic rings. The molecule has 0 unspecified atom stereocenters. The Balaban J connectivity index is 3.26. The predicted molar refractivity (Wildman–Crippen MR) is 94.4 cm³/mol. The number of aliphatic carboxylic acids is 1. The van der Waals surface area contributed by atoms with Crippen LogP contribution in [-0.4, -0.2) is 45.3 Å². The van der Waals surface area contributed by atoms with Gasteiger partial charge >= 0.3 is 40.2 Å². The van der Waals surface area contributed by atoms with Crippen LogP contribution in [-0.2, 0) is 21.3 Å². The monoisotopic (exact) mass is 380 g/mol. The van der Waals surface area contributed by atoms with Crippen LogP contribution in [0.5, 0.6) is 0 Å². The van der Waals surface area contributed by atoms with Crippen LogP contribution in [0.1, 0.15) is 13.3 Å². The summed E-state index contributed by atoms with van der Waals surface area (Å²) in [6.07, 6.45) is 0.427. The molecule has 0 amide bonds. The maximum absolute atomic E-state index is 11.3. The van der Waals surface area contributed by atoms with Crippen molar-refractivity contribution in [3.8, 4) is 0 Å². The zero-order valence-electron chi connectivity index (χ0n) is 14.8. The van der Waals surface area contributed by atoms with Gasteiger partial charge in [-0.1, -0.05) is 6.92 Å². The largest absolute Gasteiger partial charge is 0.478 e. The topological polar surface area (TPSA) is 74.2 Å².